The van der Waals surface area contributed by atoms with Gasteiger partial charge >= 0.3 is 0 Å². The number of benzene rings is 2. The van der Waals surface area contributed by atoms with E-state index in [1.807, 2.05) is 56.6 Å². The molecule has 0 saturated heterocycles. The van der Waals surface area contributed by atoms with Gasteiger partial charge in [-0.1, -0.05) is 30.3 Å². The normalized spacial score (nSPS) is 10.1. The molecular weight excluding hydrogens is 210 g/mol. The van der Waals surface area contributed by atoms with Crippen molar-refractivity contribution in [1.82, 2.24) is 0 Å². The molecule has 2 aromatic rings. The maximum absolute atomic E-state index is 5.91. The molecule has 0 saturated carbocycles. The molecule has 0 bridgehead atoms. The topological polar surface area (TPSA) is 12.5 Å². The van der Waals surface area contributed by atoms with Crippen LogP contribution in [0.25, 0.3) is 0 Å². The Bertz CT molecular complexity index is 492. The Morgan fingerprint density at radius 1 is 0.882 bits per heavy atom. The molecule has 0 heterocycles. The predicted molar refractivity (Wildman–Crippen MR) is 72.0 cm³/mol. The summed E-state index contributed by atoms with van der Waals surface area (Å²) in [5, 5.41) is 0. The number of nitrogens with zero attached hydrogens (tertiary/aromatic N) is 1. The molecule has 2 nitrogen and oxygen atoms in total. The molecule has 0 fully saturated rings. The van der Waals surface area contributed by atoms with Crippen molar-refractivity contribution in [1.29, 1.82) is 0 Å². The van der Waals surface area contributed by atoms with E-state index in [4.69, 9.17) is 4.74 Å². The van der Waals surface area contributed by atoms with E-state index in [0.717, 1.165) is 17.2 Å². The van der Waals surface area contributed by atoms with Gasteiger partial charge in [0.2, 0.25) is 0 Å². The molecule has 0 atom stereocenters. The highest BCUT2D eigenvalue weighted by Gasteiger charge is 2.09. The van der Waals surface area contributed by atoms with Crippen LogP contribution in [0.4, 0.5) is 5.69 Å². The average molecular weight is 227 g/mol. The Hall–Kier alpha value is -1.96. The fourth-order valence-electron chi connectivity index (χ4n) is 1.90. The summed E-state index contributed by atoms with van der Waals surface area (Å²) in [5.41, 5.74) is 2.33. The Labute approximate surface area is 102 Å². The molecule has 0 aliphatic carbocycles. The number of aryl methyl sites for hydroxylation is 1. The first-order valence-corrected chi connectivity index (χ1v) is 5.68. The summed E-state index contributed by atoms with van der Waals surface area (Å²) >= 11 is 0. The monoisotopic (exact) mass is 227 g/mol. The van der Waals surface area contributed by atoms with Crippen LogP contribution in [0, 0.1) is 6.92 Å². The van der Waals surface area contributed by atoms with E-state index in [1.54, 1.807) is 0 Å². The van der Waals surface area contributed by atoms with Gasteiger partial charge in [0, 0.05) is 14.1 Å². The molecule has 0 aliphatic rings. The van der Waals surface area contributed by atoms with Crippen molar-refractivity contribution >= 4 is 5.69 Å². The molecule has 2 rings (SSSR count). The third-order valence-corrected chi connectivity index (χ3v) is 2.62. The average Bonchev–Trinajstić information content (AvgIpc) is 2.30. The zero-order chi connectivity index (χ0) is 12.3. The lowest BCUT2D eigenvalue weighted by atomic mass is 10.1. The number of hydrogen-bond acceptors (Lipinski definition) is 2. The van der Waals surface area contributed by atoms with Crippen molar-refractivity contribution in [3.05, 3.63) is 54.1 Å². The molecule has 0 aliphatic heterocycles. The largest absolute Gasteiger partial charge is 0.455 e. The van der Waals surface area contributed by atoms with E-state index in [0.29, 0.717) is 0 Å². The number of anilines is 1. The second-order valence-electron chi connectivity index (χ2n) is 4.23. The van der Waals surface area contributed by atoms with E-state index in [-0.39, 0.29) is 0 Å². The SMILES string of the molecule is Cc1cccc(Oc2ccccc2)c1N(C)C. The van der Waals surface area contributed by atoms with Crippen LogP contribution in [0.5, 0.6) is 11.5 Å². The van der Waals surface area contributed by atoms with Gasteiger partial charge in [0.05, 0.1) is 5.69 Å². The summed E-state index contributed by atoms with van der Waals surface area (Å²) in [6.45, 7) is 2.09. The summed E-state index contributed by atoms with van der Waals surface area (Å²) in [6, 6.07) is 15.9. The molecule has 88 valence electrons. The molecule has 0 spiro atoms. The maximum Gasteiger partial charge on any atom is 0.150 e. The van der Waals surface area contributed by atoms with Crippen molar-refractivity contribution in [2.45, 2.75) is 6.92 Å². The first-order valence-electron chi connectivity index (χ1n) is 5.68. The molecule has 17 heavy (non-hydrogen) atoms. The van der Waals surface area contributed by atoms with Crippen LogP contribution in [0.3, 0.4) is 0 Å². The van der Waals surface area contributed by atoms with Crippen molar-refractivity contribution in [2.24, 2.45) is 0 Å². The number of ether oxygens (including phenoxy) is 1. The van der Waals surface area contributed by atoms with Gasteiger partial charge in [-0.15, -0.1) is 0 Å². The summed E-state index contributed by atoms with van der Waals surface area (Å²) in [7, 11) is 4.06. The van der Waals surface area contributed by atoms with Gasteiger partial charge in [0.15, 0.2) is 5.75 Å². The zero-order valence-corrected chi connectivity index (χ0v) is 10.5. The van der Waals surface area contributed by atoms with Crippen molar-refractivity contribution in [3.8, 4) is 11.5 Å². The van der Waals surface area contributed by atoms with Crippen LogP contribution >= 0.6 is 0 Å². The molecule has 0 N–H and O–H groups in total. The van der Waals surface area contributed by atoms with Gasteiger partial charge in [0.25, 0.3) is 0 Å². The Kier molecular flexibility index (Phi) is 3.33. The quantitative estimate of drug-likeness (QED) is 0.789. The summed E-state index contributed by atoms with van der Waals surface area (Å²) in [6.07, 6.45) is 0. The minimum Gasteiger partial charge on any atom is -0.455 e. The Morgan fingerprint density at radius 2 is 1.59 bits per heavy atom. The lowest BCUT2D eigenvalue weighted by Gasteiger charge is -2.20. The molecular formula is C15H17NO. The van der Waals surface area contributed by atoms with Crippen molar-refractivity contribution in [3.63, 3.8) is 0 Å². The maximum atomic E-state index is 5.91. The van der Waals surface area contributed by atoms with Crippen LogP contribution in [-0.4, -0.2) is 14.1 Å². The van der Waals surface area contributed by atoms with Crippen molar-refractivity contribution in [2.75, 3.05) is 19.0 Å². The van der Waals surface area contributed by atoms with Crippen LogP contribution in [0.2, 0.25) is 0 Å². The molecule has 0 radical (unpaired) electrons. The molecule has 2 aromatic carbocycles. The summed E-state index contributed by atoms with van der Waals surface area (Å²) in [4.78, 5) is 2.08. The van der Waals surface area contributed by atoms with Crippen LogP contribution in [0.1, 0.15) is 5.56 Å². The summed E-state index contributed by atoms with van der Waals surface area (Å²) < 4.78 is 5.91. The van der Waals surface area contributed by atoms with Gasteiger partial charge in [0.1, 0.15) is 5.75 Å². The van der Waals surface area contributed by atoms with Gasteiger partial charge in [-0.05, 0) is 30.7 Å². The Morgan fingerprint density at radius 3 is 2.24 bits per heavy atom. The summed E-state index contributed by atoms with van der Waals surface area (Å²) in [5.74, 6) is 1.75. The highest BCUT2D eigenvalue weighted by molar-refractivity contribution is 5.63. The molecule has 0 amide bonds. The molecule has 2 heteroatoms. The minimum absolute atomic E-state index is 0.862. The van der Waals surface area contributed by atoms with Crippen LogP contribution in [0.15, 0.2) is 48.5 Å². The van der Waals surface area contributed by atoms with E-state index in [2.05, 4.69) is 17.9 Å². The zero-order valence-electron chi connectivity index (χ0n) is 10.5. The van der Waals surface area contributed by atoms with E-state index < -0.39 is 0 Å². The standard InChI is InChI=1S/C15H17NO/c1-12-8-7-11-14(15(12)16(2)3)17-13-9-5-4-6-10-13/h4-11H,1-3H3. The van der Waals surface area contributed by atoms with E-state index >= 15 is 0 Å². The lowest BCUT2D eigenvalue weighted by Crippen LogP contribution is -2.11. The molecule has 0 unspecified atom stereocenters. The fourth-order valence-corrected chi connectivity index (χ4v) is 1.90. The number of rotatable bonds is 3. The third kappa shape index (κ3) is 2.59. The van der Waals surface area contributed by atoms with Crippen LogP contribution < -0.4 is 9.64 Å². The smallest absolute Gasteiger partial charge is 0.150 e. The fraction of sp³-hybridized carbons (Fsp3) is 0.200. The highest BCUT2D eigenvalue weighted by atomic mass is 16.5. The predicted octanol–water partition coefficient (Wildman–Crippen LogP) is 3.85. The van der Waals surface area contributed by atoms with Gasteiger partial charge in [-0.25, -0.2) is 0 Å². The minimum atomic E-state index is 0.862. The number of para-hydroxylation sites is 2. The first-order chi connectivity index (χ1) is 8.18. The second-order valence-corrected chi connectivity index (χ2v) is 4.23. The van der Waals surface area contributed by atoms with Crippen molar-refractivity contribution < 1.29 is 4.74 Å². The highest BCUT2D eigenvalue weighted by Crippen LogP contribution is 2.33. The number of hydrogen-bond donors (Lipinski definition) is 0. The van der Waals surface area contributed by atoms with Gasteiger partial charge in [-0.2, -0.15) is 0 Å². The van der Waals surface area contributed by atoms with Crippen LogP contribution in [-0.2, 0) is 0 Å². The van der Waals surface area contributed by atoms with E-state index in [1.165, 1.54) is 5.56 Å². The third-order valence-electron chi connectivity index (χ3n) is 2.62. The first kappa shape index (κ1) is 11.5. The second kappa shape index (κ2) is 4.91. The Balaban J connectivity index is 2.36. The molecule has 0 aromatic heterocycles. The van der Waals surface area contributed by atoms with Gasteiger partial charge < -0.3 is 9.64 Å². The van der Waals surface area contributed by atoms with E-state index in [9.17, 15) is 0 Å². The van der Waals surface area contributed by atoms with Gasteiger partial charge in [-0.3, -0.25) is 0 Å². The lowest BCUT2D eigenvalue weighted by molar-refractivity contribution is 0.482.